The Labute approximate surface area is 113 Å². The maximum atomic E-state index is 12.0. The molecule has 1 heterocycles. The van der Waals surface area contributed by atoms with Crippen molar-refractivity contribution in [1.29, 1.82) is 0 Å². The molecule has 19 heavy (non-hydrogen) atoms. The van der Waals surface area contributed by atoms with Crippen molar-refractivity contribution in [2.75, 3.05) is 12.4 Å². The molecule has 1 aromatic heterocycles. The Morgan fingerprint density at radius 1 is 1.21 bits per heavy atom. The van der Waals surface area contributed by atoms with Gasteiger partial charge in [-0.2, -0.15) is 0 Å². The molecule has 0 aliphatic rings. The lowest BCUT2D eigenvalue weighted by Crippen LogP contribution is -2.31. The number of hydrogen-bond acceptors (Lipinski definition) is 2. The summed E-state index contributed by atoms with van der Waals surface area (Å²) in [5.74, 6) is 0. The van der Waals surface area contributed by atoms with Crippen molar-refractivity contribution in [2.45, 2.75) is 13.5 Å². The lowest BCUT2D eigenvalue weighted by atomic mass is 10.2. The number of anilines is 1. The summed E-state index contributed by atoms with van der Waals surface area (Å²) >= 11 is 0. The topological polar surface area (TPSA) is 45.2 Å². The summed E-state index contributed by atoms with van der Waals surface area (Å²) in [6, 6.07) is 13.2. The van der Waals surface area contributed by atoms with Crippen molar-refractivity contribution in [3.63, 3.8) is 0 Å². The molecule has 0 unspecified atom stereocenters. The maximum Gasteiger partial charge on any atom is 0.321 e. The summed E-state index contributed by atoms with van der Waals surface area (Å²) in [5.41, 5.74) is 2.83. The fraction of sp³-hybridized carbons (Fsp3) is 0.200. The summed E-state index contributed by atoms with van der Waals surface area (Å²) in [6.45, 7) is 2.50. The van der Waals surface area contributed by atoms with Gasteiger partial charge in [-0.25, -0.2) is 4.79 Å². The predicted molar refractivity (Wildman–Crippen MR) is 75.9 cm³/mol. The Morgan fingerprint density at radius 2 is 1.95 bits per heavy atom. The van der Waals surface area contributed by atoms with Gasteiger partial charge in [0, 0.05) is 18.9 Å². The maximum absolute atomic E-state index is 12.0. The molecule has 4 nitrogen and oxygen atoms in total. The zero-order valence-electron chi connectivity index (χ0n) is 11.1. The van der Waals surface area contributed by atoms with Gasteiger partial charge in [0.25, 0.3) is 0 Å². The number of carbonyl (C=O) groups is 1. The number of urea groups is 1. The number of carbonyl (C=O) groups excluding carboxylic acids is 1. The van der Waals surface area contributed by atoms with E-state index in [9.17, 15) is 4.79 Å². The second kappa shape index (κ2) is 6.00. The molecule has 0 saturated carbocycles. The van der Waals surface area contributed by atoms with Gasteiger partial charge in [0.15, 0.2) is 0 Å². The molecule has 0 atom stereocenters. The van der Waals surface area contributed by atoms with Crippen LogP contribution in [-0.2, 0) is 6.54 Å². The van der Waals surface area contributed by atoms with Crippen LogP contribution < -0.4 is 5.32 Å². The first-order valence-corrected chi connectivity index (χ1v) is 6.14. The van der Waals surface area contributed by atoms with Crippen molar-refractivity contribution < 1.29 is 4.79 Å². The Balaban J connectivity index is 1.94. The summed E-state index contributed by atoms with van der Waals surface area (Å²) < 4.78 is 0. The van der Waals surface area contributed by atoms with Crippen LogP contribution in [0.1, 0.15) is 11.3 Å². The lowest BCUT2D eigenvalue weighted by Gasteiger charge is -2.17. The summed E-state index contributed by atoms with van der Waals surface area (Å²) in [4.78, 5) is 17.8. The molecule has 2 aromatic rings. The molecule has 0 fully saturated rings. The average molecular weight is 255 g/mol. The number of aromatic nitrogens is 1. The van der Waals surface area contributed by atoms with Gasteiger partial charge in [0.1, 0.15) is 0 Å². The van der Waals surface area contributed by atoms with Crippen LogP contribution in [0, 0.1) is 6.92 Å². The van der Waals surface area contributed by atoms with E-state index in [0.29, 0.717) is 6.54 Å². The third kappa shape index (κ3) is 3.81. The van der Waals surface area contributed by atoms with Gasteiger partial charge in [-0.1, -0.05) is 23.8 Å². The van der Waals surface area contributed by atoms with Gasteiger partial charge in [-0.15, -0.1) is 0 Å². The minimum Gasteiger partial charge on any atom is -0.322 e. The number of rotatable bonds is 3. The van der Waals surface area contributed by atoms with Crippen LogP contribution in [0.15, 0.2) is 48.7 Å². The van der Waals surface area contributed by atoms with Crippen LogP contribution in [0.25, 0.3) is 0 Å². The zero-order chi connectivity index (χ0) is 13.7. The van der Waals surface area contributed by atoms with Gasteiger partial charge in [0.05, 0.1) is 12.2 Å². The van der Waals surface area contributed by atoms with E-state index < -0.39 is 0 Å². The SMILES string of the molecule is Cc1ccc(NC(=O)N(C)Cc2ccccn2)cc1. The number of amides is 2. The van der Waals surface area contributed by atoms with E-state index in [-0.39, 0.29) is 6.03 Å². The number of hydrogen-bond donors (Lipinski definition) is 1. The molecule has 0 aliphatic carbocycles. The highest BCUT2D eigenvalue weighted by Gasteiger charge is 2.09. The Morgan fingerprint density at radius 3 is 2.58 bits per heavy atom. The van der Waals surface area contributed by atoms with E-state index in [1.165, 1.54) is 5.56 Å². The minimum atomic E-state index is -0.144. The molecule has 0 spiro atoms. The van der Waals surface area contributed by atoms with E-state index in [0.717, 1.165) is 11.4 Å². The third-order valence-electron chi connectivity index (χ3n) is 2.77. The van der Waals surface area contributed by atoms with E-state index in [1.807, 2.05) is 49.4 Å². The van der Waals surface area contributed by atoms with Crippen LogP contribution in [0.3, 0.4) is 0 Å². The molecule has 98 valence electrons. The fourth-order valence-corrected chi connectivity index (χ4v) is 1.66. The molecule has 4 heteroatoms. The first kappa shape index (κ1) is 13.1. The molecular weight excluding hydrogens is 238 g/mol. The van der Waals surface area contributed by atoms with E-state index in [2.05, 4.69) is 10.3 Å². The quantitative estimate of drug-likeness (QED) is 0.916. The van der Waals surface area contributed by atoms with Crippen LogP contribution in [0.2, 0.25) is 0 Å². The summed E-state index contributed by atoms with van der Waals surface area (Å²) in [7, 11) is 1.75. The van der Waals surface area contributed by atoms with E-state index >= 15 is 0 Å². The van der Waals surface area contributed by atoms with Gasteiger partial charge in [-0.05, 0) is 31.2 Å². The van der Waals surface area contributed by atoms with Crippen LogP contribution in [-0.4, -0.2) is 23.0 Å². The molecule has 1 aromatic carbocycles. The first-order chi connectivity index (χ1) is 9.15. The van der Waals surface area contributed by atoms with Crippen LogP contribution in [0.5, 0.6) is 0 Å². The molecule has 0 bridgehead atoms. The number of pyridine rings is 1. The molecule has 0 aliphatic heterocycles. The van der Waals surface area contributed by atoms with Crippen molar-refractivity contribution in [1.82, 2.24) is 9.88 Å². The van der Waals surface area contributed by atoms with Gasteiger partial charge < -0.3 is 10.2 Å². The van der Waals surface area contributed by atoms with Gasteiger partial charge in [0.2, 0.25) is 0 Å². The second-order valence-electron chi connectivity index (χ2n) is 4.47. The van der Waals surface area contributed by atoms with E-state index in [1.54, 1.807) is 18.1 Å². The lowest BCUT2D eigenvalue weighted by molar-refractivity contribution is 0.220. The first-order valence-electron chi connectivity index (χ1n) is 6.14. The average Bonchev–Trinajstić information content (AvgIpc) is 2.42. The number of benzene rings is 1. The molecule has 1 N–H and O–H groups in total. The summed E-state index contributed by atoms with van der Waals surface area (Å²) in [6.07, 6.45) is 1.72. The molecule has 0 radical (unpaired) electrons. The van der Waals surface area contributed by atoms with Crippen molar-refractivity contribution in [3.8, 4) is 0 Å². The van der Waals surface area contributed by atoms with Gasteiger partial charge >= 0.3 is 6.03 Å². The molecule has 2 amide bonds. The highest BCUT2D eigenvalue weighted by atomic mass is 16.2. The molecule has 2 rings (SSSR count). The van der Waals surface area contributed by atoms with Crippen molar-refractivity contribution >= 4 is 11.7 Å². The van der Waals surface area contributed by atoms with Crippen molar-refractivity contribution in [3.05, 3.63) is 59.9 Å². The third-order valence-corrected chi connectivity index (χ3v) is 2.77. The smallest absolute Gasteiger partial charge is 0.321 e. The monoisotopic (exact) mass is 255 g/mol. The highest BCUT2D eigenvalue weighted by Crippen LogP contribution is 2.10. The highest BCUT2D eigenvalue weighted by molar-refractivity contribution is 5.89. The van der Waals surface area contributed by atoms with Crippen molar-refractivity contribution in [2.24, 2.45) is 0 Å². The Hall–Kier alpha value is -2.36. The zero-order valence-corrected chi connectivity index (χ0v) is 11.1. The van der Waals surface area contributed by atoms with E-state index in [4.69, 9.17) is 0 Å². The number of nitrogens with one attached hydrogen (secondary N) is 1. The fourth-order valence-electron chi connectivity index (χ4n) is 1.66. The number of aryl methyl sites for hydroxylation is 1. The van der Waals surface area contributed by atoms with Gasteiger partial charge in [-0.3, -0.25) is 4.98 Å². The second-order valence-corrected chi connectivity index (χ2v) is 4.47. The number of nitrogens with zero attached hydrogens (tertiary/aromatic N) is 2. The standard InChI is InChI=1S/C15H17N3O/c1-12-6-8-13(9-7-12)17-15(19)18(2)11-14-5-3-4-10-16-14/h3-10H,11H2,1-2H3,(H,17,19). The Kier molecular flexibility index (Phi) is 4.13. The molecular formula is C15H17N3O. The van der Waals surface area contributed by atoms with Crippen LogP contribution in [0.4, 0.5) is 10.5 Å². The minimum absolute atomic E-state index is 0.144. The largest absolute Gasteiger partial charge is 0.322 e. The predicted octanol–water partition coefficient (Wildman–Crippen LogP) is 3.05. The normalized spacial score (nSPS) is 10.0. The van der Waals surface area contributed by atoms with Crippen LogP contribution >= 0.6 is 0 Å². The Bertz CT molecular complexity index is 537. The molecule has 0 saturated heterocycles. The summed E-state index contributed by atoms with van der Waals surface area (Å²) in [5, 5.41) is 2.85.